The van der Waals surface area contributed by atoms with E-state index in [1.807, 2.05) is 6.20 Å². The molecule has 20 heavy (non-hydrogen) atoms. The lowest BCUT2D eigenvalue weighted by molar-refractivity contribution is 0.178. The molecule has 2 N–H and O–H groups in total. The van der Waals surface area contributed by atoms with E-state index < -0.39 is 0 Å². The van der Waals surface area contributed by atoms with Gasteiger partial charge in [0.2, 0.25) is 0 Å². The minimum Gasteiger partial charge on any atom is -0.370 e. The molecule has 0 saturated carbocycles. The van der Waals surface area contributed by atoms with Gasteiger partial charge in [-0.3, -0.25) is 4.90 Å². The first-order valence-electron chi connectivity index (χ1n) is 8.13. The van der Waals surface area contributed by atoms with Crippen molar-refractivity contribution in [3.63, 3.8) is 0 Å². The Labute approximate surface area is 120 Å². The molecule has 0 amide bonds. The SMILES string of the molecule is c1cc2n(n1)C[C@H](CN[C@H]1CCN3CCCC[C@@H]13)CN2. The molecule has 5 heteroatoms. The molecule has 1 aromatic heterocycles. The molecule has 0 aliphatic carbocycles. The van der Waals surface area contributed by atoms with Crippen LogP contribution in [0, 0.1) is 5.92 Å². The Balaban J connectivity index is 1.31. The van der Waals surface area contributed by atoms with Crippen molar-refractivity contribution in [3.8, 4) is 0 Å². The number of anilines is 1. The third kappa shape index (κ3) is 2.33. The zero-order valence-electron chi connectivity index (χ0n) is 12.1. The molecule has 5 nitrogen and oxygen atoms in total. The maximum atomic E-state index is 4.37. The molecule has 2 fully saturated rings. The van der Waals surface area contributed by atoms with Gasteiger partial charge in [0.25, 0.3) is 0 Å². The molecule has 0 unspecified atom stereocenters. The predicted molar refractivity (Wildman–Crippen MR) is 79.8 cm³/mol. The minimum atomic E-state index is 0.653. The second kappa shape index (κ2) is 5.37. The smallest absolute Gasteiger partial charge is 0.124 e. The monoisotopic (exact) mass is 275 g/mol. The first-order valence-corrected chi connectivity index (χ1v) is 8.13. The van der Waals surface area contributed by atoms with Gasteiger partial charge < -0.3 is 10.6 Å². The van der Waals surface area contributed by atoms with Crippen LogP contribution >= 0.6 is 0 Å². The summed E-state index contributed by atoms with van der Waals surface area (Å²) in [5.74, 6) is 1.82. The Bertz CT molecular complexity index is 457. The van der Waals surface area contributed by atoms with E-state index in [0.717, 1.165) is 25.7 Å². The van der Waals surface area contributed by atoms with Crippen molar-refractivity contribution >= 4 is 5.82 Å². The van der Waals surface area contributed by atoms with Gasteiger partial charge in [-0.15, -0.1) is 0 Å². The molecule has 0 bridgehead atoms. The Morgan fingerprint density at radius 3 is 3.30 bits per heavy atom. The Morgan fingerprint density at radius 1 is 1.30 bits per heavy atom. The van der Waals surface area contributed by atoms with Crippen LogP contribution in [0.15, 0.2) is 12.3 Å². The highest BCUT2D eigenvalue weighted by Crippen LogP contribution is 2.27. The molecule has 110 valence electrons. The van der Waals surface area contributed by atoms with Crippen molar-refractivity contribution in [3.05, 3.63) is 12.3 Å². The maximum absolute atomic E-state index is 4.37. The zero-order valence-corrected chi connectivity index (χ0v) is 12.1. The Hall–Kier alpha value is -1.07. The van der Waals surface area contributed by atoms with Crippen molar-refractivity contribution < 1.29 is 0 Å². The molecular weight excluding hydrogens is 250 g/mol. The van der Waals surface area contributed by atoms with Gasteiger partial charge in [-0.1, -0.05) is 6.42 Å². The van der Waals surface area contributed by atoms with Crippen LogP contribution in [0.4, 0.5) is 5.82 Å². The van der Waals surface area contributed by atoms with Crippen LogP contribution in [0.5, 0.6) is 0 Å². The van der Waals surface area contributed by atoms with Gasteiger partial charge in [-0.2, -0.15) is 5.10 Å². The van der Waals surface area contributed by atoms with Gasteiger partial charge in [0.1, 0.15) is 5.82 Å². The van der Waals surface area contributed by atoms with Crippen molar-refractivity contribution in [2.75, 3.05) is 31.5 Å². The van der Waals surface area contributed by atoms with Crippen molar-refractivity contribution in [1.29, 1.82) is 0 Å². The lowest BCUT2D eigenvalue weighted by Gasteiger charge is -2.33. The summed E-state index contributed by atoms with van der Waals surface area (Å²) in [5.41, 5.74) is 0. The van der Waals surface area contributed by atoms with E-state index in [1.165, 1.54) is 44.6 Å². The summed E-state index contributed by atoms with van der Waals surface area (Å²) in [6.07, 6.45) is 7.43. The second-order valence-corrected chi connectivity index (χ2v) is 6.55. The number of hydrogen-bond donors (Lipinski definition) is 2. The molecule has 2 saturated heterocycles. The normalized spacial score (nSPS) is 33.5. The molecule has 3 atom stereocenters. The predicted octanol–water partition coefficient (Wildman–Crippen LogP) is 1.14. The maximum Gasteiger partial charge on any atom is 0.124 e. The van der Waals surface area contributed by atoms with Crippen molar-refractivity contribution in [2.45, 2.75) is 44.3 Å². The molecule has 0 spiro atoms. The molecule has 3 aliphatic heterocycles. The van der Waals surface area contributed by atoms with Gasteiger partial charge in [-0.25, -0.2) is 4.68 Å². The number of aromatic nitrogens is 2. The number of piperidine rings is 1. The number of nitrogens with zero attached hydrogens (tertiary/aromatic N) is 3. The molecule has 4 heterocycles. The van der Waals surface area contributed by atoms with Crippen molar-refractivity contribution in [2.24, 2.45) is 5.92 Å². The van der Waals surface area contributed by atoms with E-state index in [9.17, 15) is 0 Å². The first kappa shape index (κ1) is 12.7. The van der Waals surface area contributed by atoms with Gasteiger partial charge in [0.15, 0.2) is 0 Å². The van der Waals surface area contributed by atoms with Crippen LogP contribution in [-0.2, 0) is 6.54 Å². The third-order valence-electron chi connectivity index (χ3n) is 5.24. The Kier molecular flexibility index (Phi) is 3.40. The van der Waals surface area contributed by atoms with E-state index in [1.54, 1.807) is 0 Å². The van der Waals surface area contributed by atoms with Gasteiger partial charge >= 0.3 is 0 Å². The number of rotatable bonds is 3. The van der Waals surface area contributed by atoms with Crippen LogP contribution in [-0.4, -0.2) is 52.9 Å². The van der Waals surface area contributed by atoms with E-state index >= 15 is 0 Å². The molecule has 4 rings (SSSR count). The van der Waals surface area contributed by atoms with Crippen LogP contribution in [0.1, 0.15) is 25.7 Å². The fourth-order valence-electron chi connectivity index (χ4n) is 4.13. The highest BCUT2D eigenvalue weighted by molar-refractivity contribution is 5.35. The average Bonchev–Trinajstić information content (AvgIpc) is 3.11. The fraction of sp³-hybridized carbons (Fsp3) is 0.800. The lowest BCUT2D eigenvalue weighted by atomic mass is 9.98. The van der Waals surface area contributed by atoms with E-state index in [-0.39, 0.29) is 0 Å². The summed E-state index contributed by atoms with van der Waals surface area (Å²) >= 11 is 0. The molecule has 3 aliphatic rings. The largest absolute Gasteiger partial charge is 0.370 e. The topological polar surface area (TPSA) is 45.1 Å². The molecule has 1 aromatic rings. The van der Waals surface area contributed by atoms with Crippen LogP contribution in [0.3, 0.4) is 0 Å². The Morgan fingerprint density at radius 2 is 2.30 bits per heavy atom. The van der Waals surface area contributed by atoms with E-state index in [0.29, 0.717) is 12.0 Å². The summed E-state index contributed by atoms with van der Waals surface area (Å²) in [6, 6.07) is 3.58. The number of fused-ring (bicyclic) bond motifs is 2. The summed E-state index contributed by atoms with van der Waals surface area (Å²) in [6.45, 7) is 5.85. The fourth-order valence-corrected chi connectivity index (χ4v) is 4.13. The standard InChI is InChI=1S/C15H25N5/c1-2-7-19-8-5-13(14(19)3-1)16-9-12-10-17-15-4-6-18-20(15)11-12/h4,6,12-14,16-17H,1-3,5,7-11H2/t12-,13+,14+/m1/s1. The summed E-state index contributed by atoms with van der Waals surface area (Å²) < 4.78 is 2.09. The summed E-state index contributed by atoms with van der Waals surface area (Å²) in [4.78, 5) is 2.70. The third-order valence-corrected chi connectivity index (χ3v) is 5.24. The second-order valence-electron chi connectivity index (χ2n) is 6.55. The highest BCUT2D eigenvalue weighted by Gasteiger charge is 2.35. The zero-order chi connectivity index (χ0) is 13.4. The molecular formula is C15H25N5. The first-order chi connectivity index (χ1) is 9.90. The number of hydrogen-bond acceptors (Lipinski definition) is 4. The minimum absolute atomic E-state index is 0.653. The van der Waals surface area contributed by atoms with Gasteiger partial charge in [-0.05, 0) is 25.8 Å². The van der Waals surface area contributed by atoms with Crippen molar-refractivity contribution in [1.82, 2.24) is 20.0 Å². The summed E-state index contributed by atoms with van der Waals surface area (Å²) in [7, 11) is 0. The lowest BCUT2D eigenvalue weighted by Crippen LogP contribution is -2.47. The summed E-state index contributed by atoms with van der Waals surface area (Å²) in [5, 5.41) is 11.7. The van der Waals surface area contributed by atoms with Crippen LogP contribution < -0.4 is 10.6 Å². The van der Waals surface area contributed by atoms with Crippen LogP contribution in [0.25, 0.3) is 0 Å². The molecule has 0 aromatic carbocycles. The highest BCUT2D eigenvalue weighted by atomic mass is 15.3. The number of nitrogens with one attached hydrogen (secondary N) is 2. The molecule has 0 radical (unpaired) electrons. The van der Waals surface area contributed by atoms with E-state index in [2.05, 4.69) is 31.4 Å². The van der Waals surface area contributed by atoms with Gasteiger partial charge in [0, 0.05) is 50.2 Å². The van der Waals surface area contributed by atoms with E-state index in [4.69, 9.17) is 0 Å². The quantitative estimate of drug-likeness (QED) is 0.868. The van der Waals surface area contributed by atoms with Gasteiger partial charge in [0.05, 0.1) is 6.20 Å². The van der Waals surface area contributed by atoms with Crippen LogP contribution in [0.2, 0.25) is 0 Å². The average molecular weight is 275 g/mol.